The number of nitro groups is 1. The molecule has 1 unspecified atom stereocenters. The van der Waals surface area contributed by atoms with E-state index in [1.165, 1.54) is 0 Å². The van der Waals surface area contributed by atoms with Crippen LogP contribution in [-0.2, 0) is 9.59 Å². The summed E-state index contributed by atoms with van der Waals surface area (Å²) in [6.45, 7) is 0. The van der Waals surface area contributed by atoms with Gasteiger partial charge in [0.25, 0.3) is 5.91 Å². The van der Waals surface area contributed by atoms with E-state index < -0.39 is 22.8 Å². The lowest BCUT2D eigenvalue weighted by molar-refractivity contribution is -0.495. The topological polar surface area (TPSA) is 89.3 Å². The fourth-order valence-corrected chi connectivity index (χ4v) is 0.669. The van der Waals surface area contributed by atoms with Crippen molar-refractivity contribution in [1.29, 1.82) is 0 Å². The number of amides is 2. The molecule has 0 fully saturated rings. The normalized spacial score (nSPS) is 23.1. The second-order valence-electron chi connectivity index (χ2n) is 1.94. The minimum absolute atomic E-state index is 0.617. The number of hydrogen-bond acceptors (Lipinski definition) is 4. The number of rotatable bonds is 1. The maximum absolute atomic E-state index is 10.6. The first-order valence-corrected chi connectivity index (χ1v) is 2.78. The number of carbonyl (C=O) groups excluding carboxylic acids is 2. The molecule has 0 saturated carbocycles. The zero-order chi connectivity index (χ0) is 8.43. The van der Waals surface area contributed by atoms with Crippen molar-refractivity contribution in [3.8, 4) is 0 Å². The second kappa shape index (κ2) is 2.49. The van der Waals surface area contributed by atoms with Crippen LogP contribution in [0, 0.1) is 10.1 Å². The number of imide groups is 1. The molecule has 2 amide bonds. The molecule has 0 aromatic heterocycles. The summed E-state index contributed by atoms with van der Waals surface area (Å²) in [6, 6.07) is -1.42. The Hall–Kier alpha value is -1.72. The van der Waals surface area contributed by atoms with Gasteiger partial charge in [-0.25, -0.2) is 0 Å². The summed E-state index contributed by atoms with van der Waals surface area (Å²) in [4.78, 5) is 30.3. The Bertz CT molecular complexity index is 257. The average molecular weight is 156 g/mol. The molecule has 11 heavy (non-hydrogen) atoms. The minimum Gasteiger partial charge on any atom is -0.287 e. The van der Waals surface area contributed by atoms with Crippen LogP contribution in [0.2, 0.25) is 0 Å². The first-order chi connectivity index (χ1) is 5.11. The van der Waals surface area contributed by atoms with Gasteiger partial charge in [-0.1, -0.05) is 0 Å². The molecule has 6 heteroatoms. The van der Waals surface area contributed by atoms with Crippen LogP contribution in [0.15, 0.2) is 12.2 Å². The average Bonchev–Trinajstić information content (AvgIpc) is 1.85. The molecular weight excluding hydrogens is 152 g/mol. The largest absolute Gasteiger partial charge is 0.308 e. The summed E-state index contributed by atoms with van der Waals surface area (Å²) in [5, 5.41) is 11.9. The number of nitrogens with zero attached hydrogens (tertiary/aromatic N) is 1. The van der Waals surface area contributed by atoms with Gasteiger partial charge in [-0.3, -0.25) is 25.0 Å². The van der Waals surface area contributed by atoms with Gasteiger partial charge in [0.1, 0.15) is 0 Å². The summed E-state index contributed by atoms with van der Waals surface area (Å²) in [7, 11) is 0. The van der Waals surface area contributed by atoms with E-state index in [-0.39, 0.29) is 0 Å². The predicted octanol–water partition coefficient (Wildman–Crippen LogP) is -1.16. The lowest BCUT2D eigenvalue weighted by Gasteiger charge is -2.07. The first-order valence-electron chi connectivity index (χ1n) is 2.78. The van der Waals surface area contributed by atoms with Gasteiger partial charge in [0.15, 0.2) is 0 Å². The lowest BCUT2D eigenvalue weighted by atomic mass is 10.2. The highest BCUT2D eigenvalue weighted by Gasteiger charge is 2.30. The Morgan fingerprint density at radius 2 is 2.18 bits per heavy atom. The van der Waals surface area contributed by atoms with E-state index in [2.05, 4.69) is 0 Å². The van der Waals surface area contributed by atoms with Gasteiger partial charge in [0.05, 0.1) is 0 Å². The molecule has 1 heterocycles. The van der Waals surface area contributed by atoms with E-state index >= 15 is 0 Å². The van der Waals surface area contributed by atoms with Crippen LogP contribution in [0.1, 0.15) is 0 Å². The van der Waals surface area contributed by atoms with Gasteiger partial charge in [-0.05, 0) is 0 Å². The van der Waals surface area contributed by atoms with E-state index in [1.54, 1.807) is 5.32 Å². The third-order valence-electron chi connectivity index (χ3n) is 1.17. The zero-order valence-electron chi connectivity index (χ0n) is 5.31. The molecule has 0 bridgehead atoms. The first kappa shape index (κ1) is 7.39. The molecule has 1 aliphatic rings. The lowest BCUT2D eigenvalue weighted by Crippen LogP contribution is -2.44. The summed E-state index contributed by atoms with van der Waals surface area (Å²) in [5.74, 6) is -1.50. The molecule has 1 aliphatic heterocycles. The van der Waals surface area contributed by atoms with Gasteiger partial charge in [0.2, 0.25) is 0 Å². The van der Waals surface area contributed by atoms with Crippen molar-refractivity contribution in [3.63, 3.8) is 0 Å². The van der Waals surface area contributed by atoms with Crippen molar-refractivity contribution in [3.05, 3.63) is 22.3 Å². The third-order valence-corrected chi connectivity index (χ3v) is 1.17. The maximum atomic E-state index is 10.6. The second-order valence-corrected chi connectivity index (χ2v) is 1.94. The highest BCUT2D eigenvalue weighted by atomic mass is 16.6. The van der Waals surface area contributed by atoms with Gasteiger partial charge in [0, 0.05) is 17.1 Å². The Balaban J connectivity index is 2.85. The number of hydrogen-bond donors (Lipinski definition) is 1. The number of carbonyl (C=O) groups is 2. The molecule has 0 aromatic rings. The van der Waals surface area contributed by atoms with Crippen molar-refractivity contribution >= 4 is 11.8 Å². The molecule has 6 nitrogen and oxygen atoms in total. The van der Waals surface area contributed by atoms with Crippen molar-refractivity contribution in [2.24, 2.45) is 0 Å². The highest BCUT2D eigenvalue weighted by Crippen LogP contribution is 1.97. The monoisotopic (exact) mass is 156 g/mol. The molecule has 0 aliphatic carbocycles. The molecule has 0 saturated heterocycles. The number of nitrogens with one attached hydrogen (secondary N) is 1. The van der Waals surface area contributed by atoms with E-state index in [0.29, 0.717) is 0 Å². The van der Waals surface area contributed by atoms with Crippen molar-refractivity contribution < 1.29 is 14.5 Å². The van der Waals surface area contributed by atoms with Crippen LogP contribution >= 0.6 is 0 Å². The quantitative estimate of drug-likeness (QED) is 0.294. The predicted molar refractivity (Wildman–Crippen MR) is 33.1 cm³/mol. The Labute approximate surface area is 61.0 Å². The van der Waals surface area contributed by atoms with E-state index in [1.807, 2.05) is 0 Å². The van der Waals surface area contributed by atoms with Crippen molar-refractivity contribution in [2.45, 2.75) is 6.04 Å². The fourth-order valence-electron chi connectivity index (χ4n) is 0.669. The summed E-state index contributed by atoms with van der Waals surface area (Å²) in [5.41, 5.74) is 0. The summed E-state index contributed by atoms with van der Waals surface area (Å²) in [6.07, 6.45) is 1.93. The molecule has 1 rings (SSSR count). The van der Waals surface area contributed by atoms with Gasteiger partial charge in [-0.15, -0.1) is 0 Å². The molecular formula is C5H4N2O4. The smallest absolute Gasteiger partial charge is 0.287 e. The molecule has 0 aromatic carbocycles. The Morgan fingerprint density at radius 1 is 1.55 bits per heavy atom. The fraction of sp³-hybridized carbons (Fsp3) is 0.200. The summed E-state index contributed by atoms with van der Waals surface area (Å²) >= 11 is 0. The molecule has 1 N–H and O–H groups in total. The van der Waals surface area contributed by atoms with Crippen molar-refractivity contribution in [2.75, 3.05) is 0 Å². The standard InChI is InChI=1S/C5H4N2O4/c8-4-2-1-3(7(10)11)5(9)6-4/h1-3H,(H,6,8,9). The maximum Gasteiger partial charge on any atom is 0.308 e. The van der Waals surface area contributed by atoms with E-state index in [9.17, 15) is 19.7 Å². The Kier molecular flexibility index (Phi) is 1.67. The molecule has 58 valence electrons. The van der Waals surface area contributed by atoms with Crippen LogP contribution in [0.3, 0.4) is 0 Å². The van der Waals surface area contributed by atoms with E-state index in [4.69, 9.17) is 0 Å². The molecule has 0 spiro atoms. The van der Waals surface area contributed by atoms with Gasteiger partial charge >= 0.3 is 11.9 Å². The molecule has 0 radical (unpaired) electrons. The summed E-state index contributed by atoms with van der Waals surface area (Å²) < 4.78 is 0. The van der Waals surface area contributed by atoms with Crippen molar-refractivity contribution in [1.82, 2.24) is 5.32 Å². The van der Waals surface area contributed by atoms with Crippen LogP contribution < -0.4 is 5.32 Å². The van der Waals surface area contributed by atoms with Crippen LogP contribution in [0.4, 0.5) is 0 Å². The SMILES string of the molecule is O=C1C=CC([N+](=O)[O-])C(=O)N1. The zero-order valence-corrected chi connectivity index (χ0v) is 5.31. The Morgan fingerprint density at radius 3 is 2.64 bits per heavy atom. The van der Waals surface area contributed by atoms with Crippen LogP contribution in [0.5, 0.6) is 0 Å². The molecule has 1 atom stereocenters. The van der Waals surface area contributed by atoms with Crippen LogP contribution in [-0.4, -0.2) is 22.8 Å². The van der Waals surface area contributed by atoms with E-state index in [0.717, 1.165) is 12.2 Å². The third kappa shape index (κ3) is 1.40. The van der Waals surface area contributed by atoms with Gasteiger partial charge in [-0.2, -0.15) is 0 Å². The van der Waals surface area contributed by atoms with Crippen LogP contribution in [0.25, 0.3) is 0 Å². The van der Waals surface area contributed by atoms with Gasteiger partial charge < -0.3 is 0 Å². The minimum atomic E-state index is -1.42. The highest BCUT2D eigenvalue weighted by molar-refractivity contribution is 6.06.